The first-order valence-electron chi connectivity index (χ1n) is 7.00. The van der Waals surface area contributed by atoms with E-state index < -0.39 is 0 Å². The number of fused-ring (bicyclic) bond motifs is 1. The number of hydrogen-bond donors (Lipinski definition) is 1. The third-order valence-corrected chi connectivity index (χ3v) is 4.18. The van der Waals surface area contributed by atoms with Gasteiger partial charge in [-0.25, -0.2) is 4.98 Å². The Balaban J connectivity index is 1.93. The summed E-state index contributed by atoms with van der Waals surface area (Å²) in [4.78, 5) is 4.85. The van der Waals surface area contributed by atoms with E-state index in [9.17, 15) is 0 Å². The number of nitrogens with zero attached hydrogens (tertiary/aromatic N) is 2. The van der Waals surface area contributed by atoms with E-state index in [0.717, 1.165) is 25.9 Å². The van der Waals surface area contributed by atoms with Crippen molar-refractivity contribution in [2.45, 2.75) is 59.0 Å². The molecule has 0 aromatic carbocycles. The minimum absolute atomic E-state index is 0.571. The van der Waals surface area contributed by atoms with Crippen molar-refractivity contribution in [2.24, 2.45) is 5.41 Å². The second kappa shape index (κ2) is 4.13. The standard InChI is InChI=1S/C14H23N3/c1-3-4-13-16-11-9-15-8-5-12(11)17(13)10-14(2)6-7-14/h15H,3-10H2,1-2H3. The lowest BCUT2D eigenvalue weighted by molar-refractivity contribution is 0.437. The zero-order valence-corrected chi connectivity index (χ0v) is 11.1. The van der Waals surface area contributed by atoms with Gasteiger partial charge in [-0.05, 0) is 24.7 Å². The van der Waals surface area contributed by atoms with Crippen molar-refractivity contribution >= 4 is 0 Å². The van der Waals surface area contributed by atoms with Crippen LogP contribution in [0, 0.1) is 5.41 Å². The molecule has 2 heterocycles. The molecule has 0 saturated heterocycles. The molecule has 94 valence electrons. The molecule has 1 aromatic rings. The van der Waals surface area contributed by atoms with Gasteiger partial charge in [0.1, 0.15) is 5.82 Å². The Morgan fingerprint density at radius 3 is 2.94 bits per heavy atom. The predicted molar refractivity (Wildman–Crippen MR) is 69.0 cm³/mol. The number of aromatic nitrogens is 2. The molecule has 1 aliphatic carbocycles. The highest BCUT2D eigenvalue weighted by Gasteiger charge is 2.38. The van der Waals surface area contributed by atoms with Crippen molar-refractivity contribution in [2.75, 3.05) is 6.54 Å². The van der Waals surface area contributed by atoms with E-state index in [4.69, 9.17) is 4.98 Å². The molecule has 3 nitrogen and oxygen atoms in total. The lowest BCUT2D eigenvalue weighted by Gasteiger charge is -2.19. The van der Waals surface area contributed by atoms with Crippen LogP contribution in [0.15, 0.2) is 0 Å². The summed E-state index contributed by atoms with van der Waals surface area (Å²) in [5, 5.41) is 3.43. The minimum atomic E-state index is 0.571. The van der Waals surface area contributed by atoms with Crippen LogP contribution in [0.4, 0.5) is 0 Å². The van der Waals surface area contributed by atoms with Gasteiger partial charge in [0.2, 0.25) is 0 Å². The number of aryl methyl sites for hydroxylation is 1. The third kappa shape index (κ3) is 2.13. The van der Waals surface area contributed by atoms with Crippen LogP contribution < -0.4 is 5.32 Å². The van der Waals surface area contributed by atoms with Gasteiger partial charge in [-0.15, -0.1) is 0 Å². The molecule has 0 radical (unpaired) electrons. The van der Waals surface area contributed by atoms with Gasteiger partial charge in [0.05, 0.1) is 5.69 Å². The van der Waals surface area contributed by atoms with Crippen LogP contribution in [0.2, 0.25) is 0 Å². The van der Waals surface area contributed by atoms with E-state index in [-0.39, 0.29) is 0 Å². The number of imidazole rings is 1. The van der Waals surface area contributed by atoms with Crippen molar-refractivity contribution in [1.29, 1.82) is 0 Å². The number of rotatable bonds is 4. The Hall–Kier alpha value is -0.830. The second-order valence-corrected chi connectivity index (χ2v) is 6.00. The fraction of sp³-hybridized carbons (Fsp3) is 0.786. The summed E-state index contributed by atoms with van der Waals surface area (Å²) in [5.74, 6) is 1.33. The average molecular weight is 233 g/mol. The Morgan fingerprint density at radius 2 is 2.24 bits per heavy atom. The van der Waals surface area contributed by atoms with Crippen molar-refractivity contribution in [1.82, 2.24) is 14.9 Å². The van der Waals surface area contributed by atoms with Gasteiger partial charge in [-0.1, -0.05) is 13.8 Å². The van der Waals surface area contributed by atoms with Gasteiger partial charge in [0.15, 0.2) is 0 Å². The maximum Gasteiger partial charge on any atom is 0.109 e. The lowest BCUT2D eigenvalue weighted by atomic mass is 10.1. The zero-order valence-electron chi connectivity index (χ0n) is 11.1. The molecule has 1 fully saturated rings. The average Bonchev–Trinajstić information content (AvgIpc) is 2.95. The summed E-state index contributed by atoms with van der Waals surface area (Å²) in [5.41, 5.74) is 3.39. The van der Waals surface area contributed by atoms with E-state index in [1.807, 2.05) is 0 Å². The lowest BCUT2D eigenvalue weighted by Crippen LogP contribution is -2.26. The molecule has 0 atom stereocenters. The van der Waals surface area contributed by atoms with Gasteiger partial charge in [-0.3, -0.25) is 0 Å². The normalized spacial score (nSPS) is 21.3. The first kappa shape index (κ1) is 11.3. The smallest absolute Gasteiger partial charge is 0.109 e. The fourth-order valence-corrected chi connectivity index (χ4v) is 2.78. The van der Waals surface area contributed by atoms with Crippen LogP contribution in [-0.2, 0) is 25.9 Å². The maximum atomic E-state index is 4.85. The molecule has 2 aliphatic rings. The quantitative estimate of drug-likeness (QED) is 0.864. The molecular formula is C14H23N3. The molecule has 1 N–H and O–H groups in total. The SMILES string of the molecule is CCCc1nc2c(n1CC1(C)CC1)CCNC2. The summed E-state index contributed by atoms with van der Waals surface area (Å²) in [7, 11) is 0. The van der Waals surface area contributed by atoms with E-state index in [2.05, 4.69) is 23.7 Å². The molecule has 3 rings (SSSR count). The van der Waals surface area contributed by atoms with Crippen LogP contribution in [-0.4, -0.2) is 16.1 Å². The van der Waals surface area contributed by atoms with Crippen LogP contribution in [0.3, 0.4) is 0 Å². The number of hydrogen-bond acceptors (Lipinski definition) is 2. The largest absolute Gasteiger partial charge is 0.331 e. The molecule has 3 heteroatoms. The Labute approximate surface area is 104 Å². The van der Waals surface area contributed by atoms with Crippen molar-refractivity contribution in [3.05, 3.63) is 17.2 Å². The topological polar surface area (TPSA) is 29.9 Å². The highest BCUT2D eigenvalue weighted by Crippen LogP contribution is 2.47. The van der Waals surface area contributed by atoms with Crippen LogP contribution in [0.1, 0.15) is 50.3 Å². The van der Waals surface area contributed by atoms with Gasteiger partial charge in [-0.2, -0.15) is 0 Å². The summed E-state index contributed by atoms with van der Waals surface area (Å²) in [6, 6.07) is 0. The minimum Gasteiger partial charge on any atom is -0.331 e. The molecule has 1 aromatic heterocycles. The maximum absolute atomic E-state index is 4.85. The first-order chi connectivity index (χ1) is 8.22. The Bertz CT molecular complexity index is 415. The first-order valence-corrected chi connectivity index (χ1v) is 7.00. The van der Waals surface area contributed by atoms with E-state index in [0.29, 0.717) is 5.41 Å². The van der Waals surface area contributed by atoms with E-state index in [1.165, 1.54) is 43.0 Å². The Morgan fingerprint density at radius 1 is 1.41 bits per heavy atom. The van der Waals surface area contributed by atoms with Crippen molar-refractivity contribution < 1.29 is 0 Å². The number of nitrogens with one attached hydrogen (secondary N) is 1. The van der Waals surface area contributed by atoms with Crippen LogP contribution in [0.5, 0.6) is 0 Å². The monoisotopic (exact) mass is 233 g/mol. The molecule has 17 heavy (non-hydrogen) atoms. The molecule has 1 aliphatic heterocycles. The molecule has 0 amide bonds. The fourth-order valence-electron chi connectivity index (χ4n) is 2.78. The van der Waals surface area contributed by atoms with Crippen molar-refractivity contribution in [3.8, 4) is 0 Å². The van der Waals surface area contributed by atoms with Crippen molar-refractivity contribution in [3.63, 3.8) is 0 Å². The third-order valence-electron chi connectivity index (χ3n) is 4.18. The van der Waals surface area contributed by atoms with E-state index >= 15 is 0 Å². The molecule has 0 bridgehead atoms. The molecule has 0 spiro atoms. The Kier molecular flexibility index (Phi) is 2.74. The van der Waals surface area contributed by atoms with Crippen LogP contribution >= 0.6 is 0 Å². The summed E-state index contributed by atoms with van der Waals surface area (Å²) in [6.45, 7) is 7.94. The summed E-state index contributed by atoms with van der Waals surface area (Å²) < 4.78 is 2.55. The summed E-state index contributed by atoms with van der Waals surface area (Å²) in [6.07, 6.45) is 6.26. The van der Waals surface area contributed by atoms with E-state index in [1.54, 1.807) is 0 Å². The summed E-state index contributed by atoms with van der Waals surface area (Å²) >= 11 is 0. The van der Waals surface area contributed by atoms with Crippen LogP contribution in [0.25, 0.3) is 0 Å². The molecular weight excluding hydrogens is 210 g/mol. The molecule has 1 saturated carbocycles. The predicted octanol–water partition coefficient (Wildman–Crippen LogP) is 2.28. The van der Waals surface area contributed by atoms with Gasteiger partial charge in [0, 0.05) is 38.2 Å². The van der Waals surface area contributed by atoms with Gasteiger partial charge in [0.25, 0.3) is 0 Å². The van der Waals surface area contributed by atoms with Gasteiger partial charge < -0.3 is 9.88 Å². The zero-order chi connectivity index (χ0) is 11.9. The highest BCUT2D eigenvalue weighted by molar-refractivity contribution is 5.21. The van der Waals surface area contributed by atoms with Gasteiger partial charge >= 0.3 is 0 Å². The molecule has 0 unspecified atom stereocenters. The highest BCUT2D eigenvalue weighted by atomic mass is 15.1. The second-order valence-electron chi connectivity index (χ2n) is 6.00.